The lowest BCUT2D eigenvalue weighted by atomic mass is 10.0. The summed E-state index contributed by atoms with van der Waals surface area (Å²) in [5.74, 6) is 1.00. The van der Waals surface area contributed by atoms with Crippen molar-refractivity contribution in [2.24, 2.45) is 7.05 Å². The van der Waals surface area contributed by atoms with E-state index in [9.17, 15) is 9.59 Å². The Kier molecular flexibility index (Phi) is 5.48. The minimum absolute atomic E-state index is 0.107. The number of pyridine rings is 1. The number of anilines is 2. The molecule has 1 atom stereocenters. The molecule has 0 bridgehead atoms. The normalized spacial score (nSPS) is 20.1. The molecule has 154 valence electrons. The van der Waals surface area contributed by atoms with E-state index in [-0.39, 0.29) is 11.8 Å². The Morgan fingerprint density at radius 3 is 2.79 bits per heavy atom. The monoisotopic (exact) mass is 398 g/mol. The lowest BCUT2D eigenvalue weighted by Crippen LogP contribution is -2.53. The van der Waals surface area contributed by atoms with Gasteiger partial charge in [0.15, 0.2) is 0 Å². The van der Waals surface area contributed by atoms with Gasteiger partial charge in [-0.1, -0.05) is 0 Å². The molecule has 2 aliphatic rings. The first-order chi connectivity index (χ1) is 14.0. The fourth-order valence-electron chi connectivity index (χ4n) is 3.92. The number of nitrogens with zero attached hydrogens (tertiary/aromatic N) is 5. The molecule has 4 heterocycles. The van der Waals surface area contributed by atoms with Crippen LogP contribution in [0, 0.1) is 6.92 Å². The van der Waals surface area contributed by atoms with Gasteiger partial charge in [0.25, 0.3) is 11.8 Å². The van der Waals surface area contributed by atoms with E-state index in [2.05, 4.69) is 15.4 Å². The summed E-state index contributed by atoms with van der Waals surface area (Å²) in [5.41, 5.74) is 1.34. The van der Waals surface area contributed by atoms with Gasteiger partial charge in [0, 0.05) is 38.9 Å². The van der Waals surface area contributed by atoms with Crippen LogP contribution in [0.2, 0.25) is 0 Å². The van der Waals surface area contributed by atoms with Crippen molar-refractivity contribution in [2.45, 2.75) is 25.8 Å². The lowest BCUT2D eigenvalue weighted by molar-refractivity contribution is -0.121. The van der Waals surface area contributed by atoms with E-state index >= 15 is 0 Å². The van der Waals surface area contributed by atoms with Gasteiger partial charge >= 0.3 is 0 Å². The van der Waals surface area contributed by atoms with Crippen molar-refractivity contribution in [1.82, 2.24) is 20.1 Å². The van der Waals surface area contributed by atoms with Crippen LogP contribution in [0.3, 0.4) is 0 Å². The summed E-state index contributed by atoms with van der Waals surface area (Å²) in [6, 6.07) is 4.82. The van der Waals surface area contributed by atoms with Crippen molar-refractivity contribution in [2.75, 3.05) is 42.6 Å². The van der Waals surface area contributed by atoms with Crippen molar-refractivity contribution in [3.63, 3.8) is 0 Å². The minimum Gasteiger partial charge on any atom is -0.378 e. The molecule has 4 rings (SSSR count). The standard InChI is InChI=1S/C20H26N6O3/c1-14-13-17(24(2)23-14)26-8-4-6-16(20(26)28)22-19(27)15-5-3-7-21-18(15)25-9-11-29-12-10-25/h3,5,7,13,16H,4,6,8-12H2,1-2H3,(H,22,27). The highest BCUT2D eigenvalue weighted by Gasteiger charge is 2.33. The summed E-state index contributed by atoms with van der Waals surface area (Å²) < 4.78 is 7.10. The lowest BCUT2D eigenvalue weighted by Gasteiger charge is -2.33. The van der Waals surface area contributed by atoms with Crippen molar-refractivity contribution in [3.8, 4) is 0 Å². The molecule has 9 heteroatoms. The third-order valence-electron chi connectivity index (χ3n) is 5.34. The van der Waals surface area contributed by atoms with Crippen molar-refractivity contribution in [1.29, 1.82) is 0 Å². The Balaban J connectivity index is 1.51. The van der Waals surface area contributed by atoms with E-state index < -0.39 is 6.04 Å². The average molecular weight is 398 g/mol. The van der Waals surface area contributed by atoms with Crippen molar-refractivity contribution in [3.05, 3.63) is 35.7 Å². The highest BCUT2D eigenvalue weighted by atomic mass is 16.5. The molecular formula is C20H26N6O3. The second-order valence-electron chi connectivity index (χ2n) is 7.40. The van der Waals surface area contributed by atoms with Crippen LogP contribution in [0.15, 0.2) is 24.4 Å². The summed E-state index contributed by atoms with van der Waals surface area (Å²) in [5, 5.41) is 7.26. The molecule has 2 saturated heterocycles. The summed E-state index contributed by atoms with van der Waals surface area (Å²) in [7, 11) is 1.82. The van der Waals surface area contributed by atoms with Crippen LogP contribution in [0.5, 0.6) is 0 Å². The molecule has 0 spiro atoms. The van der Waals surface area contributed by atoms with Crippen LogP contribution in [0.1, 0.15) is 28.9 Å². The summed E-state index contributed by atoms with van der Waals surface area (Å²) in [6.45, 7) is 5.11. The first-order valence-corrected chi connectivity index (χ1v) is 9.95. The zero-order chi connectivity index (χ0) is 20.4. The van der Waals surface area contributed by atoms with Gasteiger partial charge in [0.2, 0.25) is 0 Å². The zero-order valence-electron chi connectivity index (χ0n) is 16.8. The molecule has 1 N–H and O–H groups in total. The van der Waals surface area contributed by atoms with Crippen LogP contribution in [0.4, 0.5) is 11.6 Å². The SMILES string of the molecule is Cc1cc(N2CCCC(NC(=O)c3cccnc3N3CCOCC3)C2=O)n(C)n1. The van der Waals surface area contributed by atoms with E-state index in [1.807, 2.05) is 24.9 Å². The number of morpholine rings is 1. The number of nitrogens with one attached hydrogen (secondary N) is 1. The molecule has 0 aromatic carbocycles. The maximum atomic E-state index is 13.1. The maximum absolute atomic E-state index is 13.1. The highest BCUT2D eigenvalue weighted by Crippen LogP contribution is 2.23. The average Bonchev–Trinajstić information content (AvgIpc) is 3.08. The van der Waals surface area contributed by atoms with Gasteiger partial charge in [0.05, 0.1) is 24.5 Å². The first-order valence-electron chi connectivity index (χ1n) is 9.95. The third-order valence-corrected chi connectivity index (χ3v) is 5.34. The van der Waals surface area contributed by atoms with Gasteiger partial charge < -0.3 is 15.0 Å². The number of ether oxygens (including phenoxy) is 1. The minimum atomic E-state index is -0.566. The second-order valence-corrected chi connectivity index (χ2v) is 7.40. The van der Waals surface area contributed by atoms with Crippen LogP contribution < -0.4 is 15.1 Å². The van der Waals surface area contributed by atoms with E-state index in [0.717, 1.165) is 17.9 Å². The predicted octanol–water partition coefficient (Wildman–Crippen LogP) is 0.886. The number of hydrogen-bond donors (Lipinski definition) is 1. The quantitative estimate of drug-likeness (QED) is 0.822. The first kappa shape index (κ1) is 19.4. The largest absolute Gasteiger partial charge is 0.378 e. The number of amides is 2. The molecule has 2 aromatic rings. The number of hydrogen-bond acceptors (Lipinski definition) is 6. The second kappa shape index (κ2) is 8.20. The van der Waals surface area contributed by atoms with Crippen LogP contribution in [0.25, 0.3) is 0 Å². The number of rotatable bonds is 4. The van der Waals surface area contributed by atoms with Gasteiger partial charge in [-0.05, 0) is 31.9 Å². The van der Waals surface area contributed by atoms with Gasteiger partial charge in [-0.2, -0.15) is 5.10 Å². The smallest absolute Gasteiger partial charge is 0.255 e. The Morgan fingerprint density at radius 1 is 1.28 bits per heavy atom. The number of aromatic nitrogens is 3. The Hall–Kier alpha value is -2.94. The molecule has 1 unspecified atom stereocenters. The number of carbonyl (C=O) groups excluding carboxylic acids is 2. The molecule has 2 fully saturated rings. The molecule has 0 aliphatic carbocycles. The molecule has 2 amide bonds. The van der Waals surface area contributed by atoms with Gasteiger partial charge in [-0.3, -0.25) is 19.2 Å². The van der Waals surface area contributed by atoms with Gasteiger partial charge in [-0.25, -0.2) is 4.98 Å². The number of aryl methyl sites for hydroxylation is 2. The molecule has 2 aromatic heterocycles. The van der Waals surface area contributed by atoms with Crippen LogP contribution in [-0.2, 0) is 16.6 Å². The maximum Gasteiger partial charge on any atom is 0.255 e. The molecule has 0 saturated carbocycles. The zero-order valence-corrected chi connectivity index (χ0v) is 16.8. The highest BCUT2D eigenvalue weighted by molar-refractivity contribution is 6.04. The summed E-state index contributed by atoms with van der Waals surface area (Å²) in [4.78, 5) is 34.3. The molecule has 2 aliphatic heterocycles. The Labute approximate surface area is 169 Å². The molecular weight excluding hydrogens is 372 g/mol. The topological polar surface area (TPSA) is 92.6 Å². The summed E-state index contributed by atoms with van der Waals surface area (Å²) in [6.07, 6.45) is 3.11. The van der Waals surface area contributed by atoms with Crippen molar-refractivity contribution < 1.29 is 14.3 Å². The Morgan fingerprint density at radius 2 is 2.07 bits per heavy atom. The number of piperidine rings is 1. The fourth-order valence-corrected chi connectivity index (χ4v) is 3.92. The fraction of sp³-hybridized carbons (Fsp3) is 0.500. The molecule has 29 heavy (non-hydrogen) atoms. The molecule has 9 nitrogen and oxygen atoms in total. The van der Waals surface area contributed by atoms with Crippen LogP contribution in [-0.4, -0.2) is 65.5 Å². The van der Waals surface area contributed by atoms with Gasteiger partial charge in [-0.15, -0.1) is 0 Å². The molecule has 0 radical (unpaired) electrons. The van der Waals surface area contributed by atoms with E-state index in [1.165, 1.54) is 0 Å². The van der Waals surface area contributed by atoms with E-state index in [0.29, 0.717) is 50.7 Å². The number of carbonyl (C=O) groups is 2. The predicted molar refractivity (Wildman–Crippen MR) is 108 cm³/mol. The Bertz CT molecular complexity index is 905. The third kappa shape index (κ3) is 3.95. The van der Waals surface area contributed by atoms with Crippen molar-refractivity contribution >= 4 is 23.5 Å². The summed E-state index contributed by atoms with van der Waals surface area (Å²) >= 11 is 0. The van der Waals surface area contributed by atoms with E-state index in [1.54, 1.807) is 27.9 Å². The van der Waals surface area contributed by atoms with Gasteiger partial charge in [0.1, 0.15) is 17.7 Å². The van der Waals surface area contributed by atoms with E-state index in [4.69, 9.17) is 4.74 Å². The van der Waals surface area contributed by atoms with Crippen LogP contribution >= 0.6 is 0 Å².